The molecule has 0 heterocycles. The van der Waals surface area contributed by atoms with Crippen LogP contribution in [0.1, 0.15) is 33.3 Å². The minimum absolute atomic E-state index is 0.0856. The van der Waals surface area contributed by atoms with E-state index >= 15 is 0 Å². The molecule has 0 unspecified atom stereocenters. The molecule has 1 atom stereocenters. The third-order valence-electron chi connectivity index (χ3n) is 2.83. The molecule has 1 aromatic rings. The van der Waals surface area contributed by atoms with Gasteiger partial charge in [0.15, 0.2) is 0 Å². The van der Waals surface area contributed by atoms with Crippen molar-refractivity contribution in [3.05, 3.63) is 35.9 Å². The predicted octanol–water partition coefficient (Wildman–Crippen LogP) is 2.80. The lowest BCUT2D eigenvalue weighted by Gasteiger charge is -2.38. The maximum Gasteiger partial charge on any atom is 0.410 e. The number of hydrogen-bond acceptors (Lipinski definition) is 3. The van der Waals surface area contributed by atoms with Gasteiger partial charge in [0.25, 0.3) is 0 Å². The second kappa shape index (κ2) is 6.57. The summed E-state index contributed by atoms with van der Waals surface area (Å²) < 4.78 is 5.32. The number of carbonyl (C=O) groups excluding carboxylic acids is 1. The first-order valence-electron chi connectivity index (χ1n) is 6.47. The number of ether oxygens (including phenoxy) is 1. The van der Waals surface area contributed by atoms with Gasteiger partial charge >= 0.3 is 6.09 Å². The minimum atomic E-state index is -0.405. The molecule has 1 aromatic carbocycles. The molecule has 0 bridgehead atoms. The van der Waals surface area contributed by atoms with Crippen LogP contribution >= 0.6 is 0 Å². The Bertz CT molecular complexity index is 398. The normalized spacial score (nSPS) is 12.9. The zero-order chi connectivity index (χ0) is 14.5. The van der Waals surface area contributed by atoms with Crippen molar-refractivity contribution < 1.29 is 14.6 Å². The molecule has 0 aliphatic rings. The summed E-state index contributed by atoms with van der Waals surface area (Å²) in [5.41, 5.74) is 0.553. The van der Waals surface area contributed by atoms with Gasteiger partial charge in [0.2, 0.25) is 0 Å². The van der Waals surface area contributed by atoms with Gasteiger partial charge in [-0.1, -0.05) is 30.3 Å². The van der Waals surface area contributed by atoms with Crippen LogP contribution in [0.4, 0.5) is 4.79 Å². The fraction of sp³-hybridized carbons (Fsp3) is 0.533. The number of benzene rings is 1. The van der Waals surface area contributed by atoms with Crippen LogP contribution in [0.15, 0.2) is 30.3 Å². The zero-order valence-electron chi connectivity index (χ0n) is 12.1. The molecule has 0 aliphatic carbocycles. The highest BCUT2D eigenvalue weighted by molar-refractivity contribution is 5.69. The zero-order valence-corrected chi connectivity index (χ0v) is 12.1. The van der Waals surface area contributed by atoms with Gasteiger partial charge in [0.05, 0.1) is 12.6 Å². The van der Waals surface area contributed by atoms with Crippen LogP contribution in [0.25, 0.3) is 0 Å². The number of amides is 1. The molecule has 1 rings (SSSR count). The monoisotopic (exact) mass is 265 g/mol. The largest absolute Gasteiger partial charge is 0.445 e. The second-order valence-corrected chi connectivity index (χ2v) is 5.61. The van der Waals surface area contributed by atoms with Crippen LogP contribution in [0, 0.1) is 0 Å². The maximum absolute atomic E-state index is 12.2. The molecule has 4 heteroatoms. The maximum atomic E-state index is 12.2. The number of nitrogens with zero attached hydrogens (tertiary/aromatic N) is 1. The van der Waals surface area contributed by atoms with Crippen molar-refractivity contribution in [2.45, 2.75) is 45.9 Å². The number of aliphatic hydroxyl groups excluding tert-OH is 1. The topological polar surface area (TPSA) is 49.8 Å². The average molecular weight is 265 g/mol. The van der Waals surface area contributed by atoms with Gasteiger partial charge in [0.1, 0.15) is 6.61 Å². The molecule has 0 saturated carbocycles. The quantitative estimate of drug-likeness (QED) is 0.910. The third-order valence-corrected chi connectivity index (χ3v) is 2.83. The third kappa shape index (κ3) is 4.56. The van der Waals surface area contributed by atoms with E-state index in [4.69, 9.17) is 4.74 Å². The number of hydrogen-bond donors (Lipinski definition) is 1. The fourth-order valence-corrected chi connectivity index (χ4v) is 1.99. The average Bonchev–Trinajstić information content (AvgIpc) is 2.36. The first-order chi connectivity index (χ1) is 8.86. The van der Waals surface area contributed by atoms with Gasteiger partial charge in [-0.05, 0) is 33.3 Å². The lowest BCUT2D eigenvalue weighted by molar-refractivity contribution is 0.0282. The molecule has 4 nitrogen and oxygen atoms in total. The van der Waals surface area contributed by atoms with Crippen molar-refractivity contribution in [2.75, 3.05) is 6.61 Å². The Kier molecular flexibility index (Phi) is 5.36. The predicted molar refractivity (Wildman–Crippen MR) is 74.8 cm³/mol. The van der Waals surface area contributed by atoms with E-state index in [2.05, 4.69) is 0 Å². The summed E-state index contributed by atoms with van der Waals surface area (Å²) in [6.07, 6.45) is -0.405. The highest BCUT2D eigenvalue weighted by Crippen LogP contribution is 2.19. The Balaban J connectivity index is 2.68. The van der Waals surface area contributed by atoms with Crippen LogP contribution in [-0.2, 0) is 11.3 Å². The van der Waals surface area contributed by atoms with Gasteiger partial charge in [0, 0.05) is 5.54 Å². The minimum Gasteiger partial charge on any atom is -0.445 e. The van der Waals surface area contributed by atoms with Crippen LogP contribution < -0.4 is 0 Å². The van der Waals surface area contributed by atoms with Crippen molar-refractivity contribution in [3.8, 4) is 0 Å². The van der Waals surface area contributed by atoms with E-state index in [-0.39, 0.29) is 19.3 Å². The van der Waals surface area contributed by atoms with Crippen molar-refractivity contribution in [3.63, 3.8) is 0 Å². The highest BCUT2D eigenvalue weighted by Gasteiger charge is 2.31. The fourth-order valence-electron chi connectivity index (χ4n) is 1.99. The van der Waals surface area contributed by atoms with E-state index < -0.39 is 11.6 Å². The van der Waals surface area contributed by atoms with Crippen LogP contribution in [0.5, 0.6) is 0 Å². The summed E-state index contributed by atoms with van der Waals surface area (Å²) in [5, 5.41) is 9.25. The first kappa shape index (κ1) is 15.5. The summed E-state index contributed by atoms with van der Waals surface area (Å²) in [6.45, 7) is 7.71. The van der Waals surface area contributed by atoms with Crippen LogP contribution in [0.2, 0.25) is 0 Å². The van der Waals surface area contributed by atoms with E-state index in [1.807, 2.05) is 51.1 Å². The molecule has 106 valence electrons. The summed E-state index contributed by atoms with van der Waals surface area (Å²) in [5.74, 6) is 0. The molecule has 0 aromatic heterocycles. The Morgan fingerprint density at radius 1 is 1.32 bits per heavy atom. The van der Waals surface area contributed by atoms with E-state index in [1.54, 1.807) is 11.8 Å². The number of aliphatic hydroxyl groups is 1. The molecule has 19 heavy (non-hydrogen) atoms. The van der Waals surface area contributed by atoms with E-state index in [0.29, 0.717) is 0 Å². The molecule has 1 amide bonds. The summed E-state index contributed by atoms with van der Waals surface area (Å²) in [7, 11) is 0. The van der Waals surface area contributed by atoms with Crippen molar-refractivity contribution in [1.29, 1.82) is 0 Å². The van der Waals surface area contributed by atoms with E-state index in [1.165, 1.54) is 0 Å². The highest BCUT2D eigenvalue weighted by atomic mass is 16.6. The molecule has 0 fully saturated rings. The van der Waals surface area contributed by atoms with Gasteiger partial charge < -0.3 is 9.84 Å². The van der Waals surface area contributed by atoms with Crippen molar-refractivity contribution in [2.24, 2.45) is 0 Å². The smallest absolute Gasteiger partial charge is 0.410 e. The molecule has 1 N–H and O–H groups in total. The van der Waals surface area contributed by atoms with Crippen LogP contribution in [-0.4, -0.2) is 34.3 Å². The van der Waals surface area contributed by atoms with Gasteiger partial charge in [-0.3, -0.25) is 4.90 Å². The molecule has 0 radical (unpaired) electrons. The van der Waals surface area contributed by atoms with Crippen molar-refractivity contribution >= 4 is 6.09 Å². The van der Waals surface area contributed by atoms with E-state index in [0.717, 1.165) is 5.56 Å². The van der Waals surface area contributed by atoms with Gasteiger partial charge in [-0.25, -0.2) is 4.79 Å². The first-order valence-corrected chi connectivity index (χ1v) is 6.47. The summed E-state index contributed by atoms with van der Waals surface area (Å²) >= 11 is 0. The molecular formula is C15H23NO3. The Morgan fingerprint density at radius 3 is 2.37 bits per heavy atom. The SMILES string of the molecule is C[C@@H](CO)N(C(=O)OCc1ccccc1)C(C)(C)C. The second-order valence-electron chi connectivity index (χ2n) is 5.61. The molecule has 0 saturated heterocycles. The summed E-state index contributed by atoms with van der Waals surface area (Å²) in [4.78, 5) is 13.7. The standard InChI is InChI=1S/C15H23NO3/c1-12(10-17)16(15(2,3)4)14(18)19-11-13-8-6-5-7-9-13/h5-9,12,17H,10-11H2,1-4H3/t12-/m0/s1. The Hall–Kier alpha value is -1.55. The lowest BCUT2D eigenvalue weighted by Crippen LogP contribution is -2.52. The van der Waals surface area contributed by atoms with Crippen molar-refractivity contribution in [1.82, 2.24) is 4.90 Å². The Labute approximate surface area is 115 Å². The number of rotatable bonds is 4. The van der Waals surface area contributed by atoms with Gasteiger partial charge in [-0.15, -0.1) is 0 Å². The molecule has 0 spiro atoms. The van der Waals surface area contributed by atoms with Crippen LogP contribution in [0.3, 0.4) is 0 Å². The summed E-state index contributed by atoms with van der Waals surface area (Å²) in [6, 6.07) is 9.26. The van der Waals surface area contributed by atoms with E-state index in [9.17, 15) is 9.90 Å². The molecular weight excluding hydrogens is 242 g/mol. The van der Waals surface area contributed by atoms with Gasteiger partial charge in [-0.2, -0.15) is 0 Å². The Morgan fingerprint density at radius 2 is 1.89 bits per heavy atom. The lowest BCUT2D eigenvalue weighted by atomic mass is 10.0. The number of carbonyl (C=O) groups is 1. The molecule has 0 aliphatic heterocycles.